The fourth-order valence-corrected chi connectivity index (χ4v) is 1.31. The summed E-state index contributed by atoms with van der Waals surface area (Å²) < 4.78 is 0. The van der Waals surface area contributed by atoms with Gasteiger partial charge in [-0.15, -0.1) is 0 Å². The highest BCUT2D eigenvalue weighted by Gasteiger charge is 2.12. The monoisotopic (exact) mass is 223 g/mol. The molecule has 64 valence electrons. The van der Waals surface area contributed by atoms with Crippen molar-refractivity contribution in [2.75, 3.05) is 0 Å². The Morgan fingerprint density at radius 1 is 1.50 bits per heavy atom. The van der Waals surface area contributed by atoms with E-state index < -0.39 is 5.24 Å². The summed E-state index contributed by atoms with van der Waals surface area (Å²) in [4.78, 5) is 14.5. The van der Waals surface area contributed by atoms with E-state index in [1.165, 1.54) is 6.20 Å². The lowest BCUT2D eigenvalue weighted by Gasteiger charge is -2.02. The molecule has 0 aromatic carbocycles. The van der Waals surface area contributed by atoms with Crippen LogP contribution >= 0.6 is 34.8 Å². The van der Waals surface area contributed by atoms with Crippen LogP contribution in [0.15, 0.2) is 6.20 Å². The molecule has 1 aromatic rings. The summed E-state index contributed by atoms with van der Waals surface area (Å²) in [7, 11) is 0. The van der Waals surface area contributed by atoms with Gasteiger partial charge in [-0.05, 0) is 18.5 Å². The van der Waals surface area contributed by atoms with E-state index in [9.17, 15) is 4.79 Å². The summed E-state index contributed by atoms with van der Waals surface area (Å²) in [6.45, 7) is 1.67. The highest BCUT2D eigenvalue weighted by Crippen LogP contribution is 2.25. The molecule has 0 aliphatic heterocycles. The molecule has 0 amide bonds. The molecule has 1 rings (SSSR count). The van der Waals surface area contributed by atoms with E-state index in [0.29, 0.717) is 5.56 Å². The Hall–Kier alpha value is -0.310. The second-order valence-corrected chi connectivity index (χ2v) is 3.25. The number of aromatic nitrogens is 1. The Labute approximate surface area is 84.5 Å². The third-order valence-electron chi connectivity index (χ3n) is 1.39. The minimum atomic E-state index is -0.632. The second-order valence-electron chi connectivity index (χ2n) is 2.18. The number of carbonyl (C=O) groups is 1. The summed E-state index contributed by atoms with van der Waals surface area (Å²) >= 11 is 16.6. The van der Waals surface area contributed by atoms with Gasteiger partial charge in [0.05, 0.1) is 10.6 Å². The number of hydrogen-bond donors (Lipinski definition) is 0. The first-order chi connectivity index (χ1) is 5.54. The lowest BCUT2D eigenvalue weighted by molar-refractivity contribution is 0.108. The summed E-state index contributed by atoms with van der Waals surface area (Å²) in [6.07, 6.45) is 1.26. The van der Waals surface area contributed by atoms with Crippen LogP contribution in [0.25, 0.3) is 0 Å². The Morgan fingerprint density at radius 3 is 2.58 bits per heavy atom. The molecule has 2 nitrogen and oxygen atoms in total. The van der Waals surface area contributed by atoms with E-state index in [1.54, 1.807) is 6.92 Å². The van der Waals surface area contributed by atoms with E-state index in [4.69, 9.17) is 34.8 Å². The van der Waals surface area contributed by atoms with Gasteiger partial charge in [-0.2, -0.15) is 0 Å². The number of rotatable bonds is 1. The van der Waals surface area contributed by atoms with Gasteiger partial charge in [0.25, 0.3) is 5.24 Å². The van der Waals surface area contributed by atoms with Crippen molar-refractivity contribution in [3.63, 3.8) is 0 Å². The molecule has 0 saturated carbocycles. The van der Waals surface area contributed by atoms with Crippen LogP contribution in [0.5, 0.6) is 0 Å². The molecule has 12 heavy (non-hydrogen) atoms. The molecule has 0 spiro atoms. The number of halogens is 3. The van der Waals surface area contributed by atoms with Gasteiger partial charge in [0.1, 0.15) is 5.15 Å². The minimum absolute atomic E-state index is 0.181. The maximum atomic E-state index is 10.7. The van der Waals surface area contributed by atoms with Crippen molar-refractivity contribution >= 4 is 40.0 Å². The van der Waals surface area contributed by atoms with Gasteiger partial charge in [-0.25, -0.2) is 4.98 Å². The van der Waals surface area contributed by atoms with Crippen molar-refractivity contribution in [2.45, 2.75) is 6.92 Å². The normalized spacial score (nSPS) is 10.0. The van der Waals surface area contributed by atoms with Gasteiger partial charge in [0.15, 0.2) is 0 Å². The summed E-state index contributed by atoms with van der Waals surface area (Å²) in [5.41, 5.74) is 0.741. The standard InChI is InChI=1S/C7H4Cl3NO/c1-3-5(8)4(7(10)12)2-11-6(3)9/h2H,1H3. The first-order valence-electron chi connectivity index (χ1n) is 3.04. The van der Waals surface area contributed by atoms with Gasteiger partial charge in [-0.3, -0.25) is 4.79 Å². The maximum Gasteiger partial charge on any atom is 0.255 e. The topological polar surface area (TPSA) is 30.0 Å². The lowest BCUT2D eigenvalue weighted by Crippen LogP contribution is -1.95. The predicted molar refractivity (Wildman–Crippen MR) is 49.2 cm³/mol. The highest BCUT2D eigenvalue weighted by atomic mass is 35.5. The van der Waals surface area contributed by atoms with Gasteiger partial charge in [-0.1, -0.05) is 23.2 Å². The van der Waals surface area contributed by atoms with Crippen LogP contribution in [-0.4, -0.2) is 10.2 Å². The van der Waals surface area contributed by atoms with Crippen molar-refractivity contribution in [3.05, 3.63) is 27.5 Å². The Morgan fingerprint density at radius 2 is 2.08 bits per heavy atom. The molecule has 1 heterocycles. The number of nitrogens with zero attached hydrogens (tertiary/aromatic N) is 1. The van der Waals surface area contributed by atoms with Crippen molar-refractivity contribution in [1.82, 2.24) is 4.98 Å². The van der Waals surface area contributed by atoms with Crippen molar-refractivity contribution < 1.29 is 4.79 Å². The zero-order valence-electron chi connectivity index (χ0n) is 6.07. The van der Waals surface area contributed by atoms with E-state index in [0.717, 1.165) is 0 Å². The molecule has 1 aromatic heterocycles. The van der Waals surface area contributed by atoms with E-state index in [-0.39, 0.29) is 15.7 Å². The molecule has 0 N–H and O–H groups in total. The molecule has 0 radical (unpaired) electrons. The summed E-state index contributed by atoms with van der Waals surface area (Å²) in [6, 6.07) is 0. The van der Waals surface area contributed by atoms with Crippen molar-refractivity contribution in [3.8, 4) is 0 Å². The molecule has 0 bridgehead atoms. The number of carbonyl (C=O) groups excluding carboxylic acids is 1. The molecule has 0 saturated heterocycles. The third-order valence-corrected chi connectivity index (χ3v) is 2.47. The smallest absolute Gasteiger partial charge is 0.255 e. The minimum Gasteiger partial charge on any atom is -0.275 e. The van der Waals surface area contributed by atoms with Crippen LogP contribution in [0.2, 0.25) is 10.2 Å². The van der Waals surface area contributed by atoms with Crippen LogP contribution in [0.3, 0.4) is 0 Å². The molecule has 0 fully saturated rings. The van der Waals surface area contributed by atoms with Gasteiger partial charge in [0.2, 0.25) is 0 Å². The average molecular weight is 224 g/mol. The molecule has 0 aliphatic carbocycles. The molecule has 0 aliphatic rings. The Bertz CT molecular complexity index is 338. The van der Waals surface area contributed by atoms with Crippen LogP contribution in [0, 0.1) is 6.92 Å². The van der Waals surface area contributed by atoms with Crippen molar-refractivity contribution in [1.29, 1.82) is 0 Å². The first kappa shape index (κ1) is 9.78. The Balaban J connectivity index is 3.36. The zero-order valence-corrected chi connectivity index (χ0v) is 8.33. The van der Waals surface area contributed by atoms with Gasteiger partial charge < -0.3 is 0 Å². The van der Waals surface area contributed by atoms with Gasteiger partial charge >= 0.3 is 0 Å². The predicted octanol–water partition coefficient (Wildman–Crippen LogP) is 3.08. The zero-order chi connectivity index (χ0) is 9.30. The Kier molecular flexibility index (Phi) is 2.94. The first-order valence-corrected chi connectivity index (χ1v) is 4.18. The van der Waals surface area contributed by atoms with Crippen LogP contribution in [0.1, 0.15) is 15.9 Å². The number of hydrogen-bond acceptors (Lipinski definition) is 2. The van der Waals surface area contributed by atoms with E-state index >= 15 is 0 Å². The maximum absolute atomic E-state index is 10.7. The van der Waals surface area contributed by atoms with Crippen LogP contribution < -0.4 is 0 Å². The second kappa shape index (κ2) is 3.60. The SMILES string of the molecule is Cc1c(Cl)ncc(C(=O)Cl)c1Cl. The average Bonchev–Trinajstić information content (AvgIpc) is 2.00. The summed E-state index contributed by atoms with van der Waals surface area (Å²) in [5, 5.41) is -0.0936. The largest absolute Gasteiger partial charge is 0.275 e. The molecular formula is C7H4Cl3NO. The van der Waals surface area contributed by atoms with Crippen molar-refractivity contribution in [2.24, 2.45) is 0 Å². The van der Waals surface area contributed by atoms with E-state index in [1.807, 2.05) is 0 Å². The number of pyridine rings is 1. The molecule has 0 unspecified atom stereocenters. The van der Waals surface area contributed by atoms with Crippen LogP contribution in [0.4, 0.5) is 0 Å². The summed E-state index contributed by atoms with van der Waals surface area (Å²) in [5.74, 6) is 0. The van der Waals surface area contributed by atoms with Crippen LogP contribution in [-0.2, 0) is 0 Å². The molecule has 0 atom stereocenters. The lowest BCUT2D eigenvalue weighted by atomic mass is 10.2. The molecule has 5 heteroatoms. The highest BCUT2D eigenvalue weighted by molar-refractivity contribution is 6.68. The fraction of sp³-hybridized carbons (Fsp3) is 0.143. The third kappa shape index (κ3) is 1.71. The van der Waals surface area contributed by atoms with E-state index in [2.05, 4.69) is 4.98 Å². The van der Waals surface area contributed by atoms with Gasteiger partial charge in [0, 0.05) is 11.8 Å². The molecular weight excluding hydrogens is 220 g/mol. The quantitative estimate of drug-likeness (QED) is 0.542. The fourth-order valence-electron chi connectivity index (χ4n) is 0.704.